The summed E-state index contributed by atoms with van der Waals surface area (Å²) in [6, 6.07) is 16.9. The molecule has 1 unspecified atom stereocenters. The molecule has 1 amide bonds. The Hall–Kier alpha value is -3.10. The number of fused-ring (bicyclic) bond motifs is 1. The first-order chi connectivity index (χ1) is 14.5. The van der Waals surface area contributed by atoms with E-state index in [0.717, 1.165) is 16.9 Å². The fraction of sp³-hybridized carbons (Fsp3) is 0.136. The van der Waals surface area contributed by atoms with Gasteiger partial charge in [0.1, 0.15) is 10.6 Å². The number of nitrogens with one attached hydrogen (secondary N) is 2. The van der Waals surface area contributed by atoms with E-state index in [1.54, 1.807) is 38.3 Å². The fourth-order valence-corrected chi connectivity index (χ4v) is 4.76. The van der Waals surface area contributed by atoms with E-state index in [0.29, 0.717) is 21.1 Å². The van der Waals surface area contributed by atoms with Gasteiger partial charge in [0.15, 0.2) is 5.16 Å². The third-order valence-electron chi connectivity index (χ3n) is 4.52. The Morgan fingerprint density at radius 3 is 2.60 bits per heavy atom. The van der Waals surface area contributed by atoms with Crippen LogP contribution in [0.4, 0.5) is 5.69 Å². The van der Waals surface area contributed by atoms with Gasteiger partial charge in [-0.3, -0.25) is 9.59 Å². The standard InChI is InChI=1S/C22H19N3O3S2/c1-13(19(26)23-15-8-10-16(28-2)11-9-15)30-22-24-20(27)18-17(12-29-21(18)25-22)14-6-4-3-5-7-14/h3-13H,1-2H3,(H,23,26)(H,24,25,27). The highest BCUT2D eigenvalue weighted by Crippen LogP contribution is 2.32. The van der Waals surface area contributed by atoms with Crippen molar-refractivity contribution in [2.45, 2.75) is 17.3 Å². The van der Waals surface area contributed by atoms with Gasteiger partial charge in [0, 0.05) is 16.6 Å². The molecule has 4 aromatic rings. The van der Waals surface area contributed by atoms with Crippen molar-refractivity contribution >= 4 is 44.9 Å². The van der Waals surface area contributed by atoms with Crippen molar-refractivity contribution in [1.29, 1.82) is 0 Å². The summed E-state index contributed by atoms with van der Waals surface area (Å²) >= 11 is 2.64. The average molecular weight is 438 g/mol. The second kappa shape index (κ2) is 8.73. The maximum Gasteiger partial charge on any atom is 0.260 e. The number of aromatic nitrogens is 2. The van der Waals surface area contributed by atoms with E-state index in [2.05, 4.69) is 15.3 Å². The molecule has 2 N–H and O–H groups in total. The van der Waals surface area contributed by atoms with Crippen LogP contribution in [0.1, 0.15) is 6.92 Å². The van der Waals surface area contributed by atoms with Gasteiger partial charge in [-0.05, 0) is 36.8 Å². The number of hydrogen-bond donors (Lipinski definition) is 2. The average Bonchev–Trinajstić information content (AvgIpc) is 3.19. The zero-order chi connectivity index (χ0) is 21.1. The van der Waals surface area contributed by atoms with Crippen LogP contribution in [-0.4, -0.2) is 28.2 Å². The molecule has 0 saturated carbocycles. The topological polar surface area (TPSA) is 84.1 Å². The molecule has 0 spiro atoms. The number of nitrogens with zero attached hydrogens (tertiary/aromatic N) is 1. The van der Waals surface area contributed by atoms with Gasteiger partial charge in [-0.25, -0.2) is 4.98 Å². The first-order valence-corrected chi connectivity index (χ1v) is 11.0. The Balaban J connectivity index is 1.52. The van der Waals surface area contributed by atoms with Gasteiger partial charge in [-0.2, -0.15) is 0 Å². The summed E-state index contributed by atoms with van der Waals surface area (Å²) in [6.07, 6.45) is 0. The Morgan fingerprint density at radius 2 is 1.90 bits per heavy atom. The molecule has 0 aliphatic rings. The monoisotopic (exact) mass is 437 g/mol. The zero-order valence-corrected chi connectivity index (χ0v) is 18.0. The number of thiophene rings is 1. The number of aromatic amines is 1. The Labute approximate surface area is 181 Å². The zero-order valence-electron chi connectivity index (χ0n) is 16.3. The second-order valence-electron chi connectivity index (χ2n) is 6.54. The molecule has 0 saturated heterocycles. The molecule has 1 atom stereocenters. The van der Waals surface area contributed by atoms with Gasteiger partial charge in [0.2, 0.25) is 5.91 Å². The number of thioether (sulfide) groups is 1. The highest BCUT2D eigenvalue weighted by molar-refractivity contribution is 8.00. The third kappa shape index (κ3) is 4.24. The Kier molecular flexibility index (Phi) is 5.87. The molecule has 4 rings (SSSR count). The fourth-order valence-electron chi connectivity index (χ4n) is 2.95. The number of carbonyl (C=O) groups excluding carboxylic acids is 1. The molecule has 2 aromatic heterocycles. The summed E-state index contributed by atoms with van der Waals surface area (Å²) in [5, 5.41) is 5.35. The van der Waals surface area contributed by atoms with Gasteiger partial charge < -0.3 is 15.0 Å². The second-order valence-corrected chi connectivity index (χ2v) is 8.73. The number of H-pyrrole nitrogens is 1. The lowest BCUT2D eigenvalue weighted by atomic mass is 10.1. The van der Waals surface area contributed by atoms with Crippen molar-refractivity contribution in [2.75, 3.05) is 12.4 Å². The van der Waals surface area contributed by atoms with Gasteiger partial charge in [-0.15, -0.1) is 11.3 Å². The maximum absolute atomic E-state index is 12.7. The summed E-state index contributed by atoms with van der Waals surface area (Å²) < 4.78 is 5.12. The van der Waals surface area contributed by atoms with Crippen LogP contribution in [0.15, 0.2) is 69.9 Å². The first kappa shape index (κ1) is 20.2. The van der Waals surface area contributed by atoms with Crippen molar-refractivity contribution in [3.63, 3.8) is 0 Å². The highest BCUT2D eigenvalue weighted by atomic mass is 32.2. The molecule has 2 heterocycles. The molecule has 0 fully saturated rings. The largest absolute Gasteiger partial charge is 0.497 e. The molecular weight excluding hydrogens is 418 g/mol. The van der Waals surface area contributed by atoms with Crippen molar-refractivity contribution < 1.29 is 9.53 Å². The van der Waals surface area contributed by atoms with E-state index in [-0.39, 0.29) is 11.5 Å². The van der Waals surface area contributed by atoms with E-state index in [1.165, 1.54) is 23.1 Å². The number of carbonyl (C=O) groups is 1. The molecule has 0 bridgehead atoms. The van der Waals surface area contributed by atoms with Crippen molar-refractivity contribution in [2.24, 2.45) is 0 Å². The number of rotatable bonds is 6. The van der Waals surface area contributed by atoms with Gasteiger partial charge >= 0.3 is 0 Å². The molecule has 8 heteroatoms. The summed E-state index contributed by atoms with van der Waals surface area (Å²) in [4.78, 5) is 33.3. The Bertz CT molecular complexity index is 1230. The molecule has 0 radical (unpaired) electrons. The van der Waals surface area contributed by atoms with E-state index in [1.807, 2.05) is 35.7 Å². The number of amides is 1. The van der Waals surface area contributed by atoms with E-state index in [4.69, 9.17) is 4.74 Å². The van der Waals surface area contributed by atoms with E-state index >= 15 is 0 Å². The summed E-state index contributed by atoms with van der Waals surface area (Å²) in [5.41, 5.74) is 2.32. The molecule has 30 heavy (non-hydrogen) atoms. The molecular formula is C22H19N3O3S2. The van der Waals surface area contributed by atoms with Crippen molar-refractivity contribution in [1.82, 2.24) is 9.97 Å². The Morgan fingerprint density at radius 1 is 1.17 bits per heavy atom. The van der Waals surface area contributed by atoms with Crippen LogP contribution < -0.4 is 15.6 Å². The van der Waals surface area contributed by atoms with Crippen LogP contribution in [0.5, 0.6) is 5.75 Å². The number of benzene rings is 2. The van der Waals surface area contributed by atoms with Crippen molar-refractivity contribution in [3.8, 4) is 16.9 Å². The van der Waals surface area contributed by atoms with E-state index < -0.39 is 5.25 Å². The van der Waals surface area contributed by atoms with Crippen LogP contribution in [0, 0.1) is 0 Å². The molecule has 2 aromatic carbocycles. The lowest BCUT2D eigenvalue weighted by Crippen LogP contribution is -2.23. The minimum atomic E-state index is -0.443. The lowest BCUT2D eigenvalue weighted by Gasteiger charge is -2.12. The van der Waals surface area contributed by atoms with Gasteiger partial charge in [-0.1, -0.05) is 42.1 Å². The third-order valence-corrected chi connectivity index (χ3v) is 6.38. The maximum atomic E-state index is 12.7. The quantitative estimate of drug-likeness (QED) is 0.335. The predicted molar refractivity (Wildman–Crippen MR) is 123 cm³/mol. The first-order valence-electron chi connectivity index (χ1n) is 9.23. The van der Waals surface area contributed by atoms with E-state index in [9.17, 15) is 9.59 Å². The van der Waals surface area contributed by atoms with Gasteiger partial charge in [0.25, 0.3) is 5.56 Å². The minimum Gasteiger partial charge on any atom is -0.497 e. The minimum absolute atomic E-state index is 0.177. The normalized spacial score (nSPS) is 11.9. The molecule has 6 nitrogen and oxygen atoms in total. The number of anilines is 1. The smallest absolute Gasteiger partial charge is 0.260 e. The summed E-state index contributed by atoms with van der Waals surface area (Å²) in [7, 11) is 1.59. The van der Waals surface area contributed by atoms with Gasteiger partial charge in [0.05, 0.1) is 17.7 Å². The van der Waals surface area contributed by atoms with Crippen LogP contribution >= 0.6 is 23.1 Å². The highest BCUT2D eigenvalue weighted by Gasteiger charge is 2.18. The van der Waals surface area contributed by atoms with Crippen LogP contribution in [0.2, 0.25) is 0 Å². The SMILES string of the molecule is COc1ccc(NC(=O)C(C)Sc2nc3scc(-c4ccccc4)c3c(=O)[nH]2)cc1. The summed E-state index contributed by atoms with van der Waals surface area (Å²) in [6.45, 7) is 1.78. The summed E-state index contributed by atoms with van der Waals surface area (Å²) in [5.74, 6) is 0.542. The lowest BCUT2D eigenvalue weighted by molar-refractivity contribution is -0.115. The number of hydrogen-bond acceptors (Lipinski definition) is 6. The number of ether oxygens (including phenoxy) is 1. The number of methoxy groups -OCH3 is 1. The molecule has 0 aliphatic heterocycles. The van der Waals surface area contributed by atoms with Crippen LogP contribution in [0.3, 0.4) is 0 Å². The van der Waals surface area contributed by atoms with Crippen LogP contribution in [-0.2, 0) is 4.79 Å². The predicted octanol–water partition coefficient (Wildman–Crippen LogP) is 4.78. The van der Waals surface area contributed by atoms with Crippen molar-refractivity contribution in [3.05, 3.63) is 70.3 Å². The molecule has 0 aliphatic carbocycles. The molecule has 152 valence electrons. The van der Waals surface area contributed by atoms with Crippen LogP contribution in [0.25, 0.3) is 21.3 Å².